The summed E-state index contributed by atoms with van der Waals surface area (Å²) in [6.45, 7) is 2.33. The molecule has 2 saturated carbocycles. The van der Waals surface area contributed by atoms with Crippen molar-refractivity contribution in [3.63, 3.8) is 0 Å². The highest BCUT2D eigenvalue weighted by atomic mass is 16.3. The van der Waals surface area contributed by atoms with Gasteiger partial charge in [0.2, 0.25) is 0 Å². The summed E-state index contributed by atoms with van der Waals surface area (Å²) in [7, 11) is 0. The molecule has 3 rings (SSSR count). The van der Waals surface area contributed by atoms with Crippen LogP contribution in [0.25, 0.3) is 0 Å². The van der Waals surface area contributed by atoms with Crippen LogP contribution in [0.4, 0.5) is 0 Å². The van der Waals surface area contributed by atoms with E-state index < -0.39 is 0 Å². The molecule has 0 aromatic heterocycles. The first-order chi connectivity index (χ1) is 8.75. The predicted molar refractivity (Wildman–Crippen MR) is 74.4 cm³/mol. The van der Waals surface area contributed by atoms with E-state index >= 15 is 0 Å². The second-order valence-corrected chi connectivity index (χ2v) is 6.44. The molecule has 5 unspecified atom stereocenters. The van der Waals surface area contributed by atoms with Crippen LogP contribution in [-0.2, 0) is 0 Å². The zero-order valence-corrected chi connectivity index (χ0v) is 11.3. The highest BCUT2D eigenvalue weighted by Gasteiger charge is 2.46. The zero-order chi connectivity index (χ0) is 12.5. The van der Waals surface area contributed by atoms with Gasteiger partial charge in [0.1, 0.15) is 0 Å². The second-order valence-electron chi connectivity index (χ2n) is 6.44. The Morgan fingerprint density at radius 1 is 1.11 bits per heavy atom. The number of hydrogen-bond donors (Lipinski definition) is 1. The monoisotopic (exact) mass is 244 g/mol. The van der Waals surface area contributed by atoms with Crippen molar-refractivity contribution >= 4 is 0 Å². The van der Waals surface area contributed by atoms with E-state index in [0.29, 0.717) is 17.8 Å². The van der Waals surface area contributed by atoms with E-state index in [2.05, 4.69) is 37.3 Å². The van der Waals surface area contributed by atoms with Crippen LogP contribution in [-0.4, -0.2) is 11.2 Å². The summed E-state index contributed by atoms with van der Waals surface area (Å²) < 4.78 is 0. The van der Waals surface area contributed by atoms with Crippen molar-refractivity contribution in [2.75, 3.05) is 0 Å². The molecule has 1 N–H and O–H groups in total. The number of hydrogen-bond acceptors (Lipinski definition) is 1. The van der Waals surface area contributed by atoms with E-state index in [9.17, 15) is 5.11 Å². The van der Waals surface area contributed by atoms with Crippen molar-refractivity contribution in [2.24, 2.45) is 17.8 Å². The number of rotatable bonds is 3. The molecule has 2 aliphatic rings. The molecule has 0 heterocycles. The van der Waals surface area contributed by atoms with Crippen molar-refractivity contribution in [3.8, 4) is 0 Å². The average molecular weight is 244 g/mol. The maximum absolute atomic E-state index is 10.6. The second kappa shape index (κ2) is 5.05. The van der Waals surface area contributed by atoms with Gasteiger partial charge in [-0.2, -0.15) is 0 Å². The molecule has 0 spiro atoms. The zero-order valence-electron chi connectivity index (χ0n) is 11.3. The summed E-state index contributed by atoms with van der Waals surface area (Å²) in [4.78, 5) is 0. The maximum Gasteiger partial charge on any atom is 0.0602 e. The summed E-state index contributed by atoms with van der Waals surface area (Å²) in [6, 6.07) is 10.7. The quantitative estimate of drug-likeness (QED) is 0.852. The van der Waals surface area contributed by atoms with Gasteiger partial charge in [0.05, 0.1) is 6.10 Å². The SMILES string of the molecule is CC1CCCC(C(O)C2CC2c2ccccc2)C1. The van der Waals surface area contributed by atoms with Crippen LogP contribution in [0.2, 0.25) is 0 Å². The van der Waals surface area contributed by atoms with Crippen molar-refractivity contribution in [2.45, 2.75) is 51.0 Å². The molecule has 98 valence electrons. The standard InChI is InChI=1S/C17H24O/c1-12-6-5-9-14(10-12)17(18)16-11-15(16)13-7-3-2-4-8-13/h2-4,7-8,12,14-18H,5-6,9-11H2,1H3. The molecule has 0 radical (unpaired) electrons. The molecule has 0 saturated heterocycles. The van der Waals surface area contributed by atoms with Crippen LogP contribution in [0.3, 0.4) is 0 Å². The van der Waals surface area contributed by atoms with Crippen molar-refractivity contribution < 1.29 is 5.11 Å². The maximum atomic E-state index is 10.6. The first-order valence-electron chi connectivity index (χ1n) is 7.48. The lowest BCUT2D eigenvalue weighted by Gasteiger charge is -2.30. The highest BCUT2D eigenvalue weighted by molar-refractivity contribution is 5.26. The van der Waals surface area contributed by atoms with Crippen molar-refractivity contribution in [1.29, 1.82) is 0 Å². The van der Waals surface area contributed by atoms with E-state index in [1.54, 1.807) is 0 Å². The van der Waals surface area contributed by atoms with Gasteiger partial charge in [-0.3, -0.25) is 0 Å². The third-order valence-corrected chi connectivity index (χ3v) is 4.97. The van der Waals surface area contributed by atoms with Gasteiger partial charge in [0, 0.05) is 0 Å². The Morgan fingerprint density at radius 3 is 2.61 bits per heavy atom. The highest BCUT2D eigenvalue weighted by Crippen LogP contribution is 2.52. The van der Waals surface area contributed by atoms with Gasteiger partial charge in [0.25, 0.3) is 0 Å². The molecule has 1 nitrogen and oxygen atoms in total. The van der Waals surface area contributed by atoms with E-state index in [4.69, 9.17) is 0 Å². The third-order valence-electron chi connectivity index (χ3n) is 4.97. The van der Waals surface area contributed by atoms with Gasteiger partial charge < -0.3 is 5.11 Å². The molecule has 0 aliphatic heterocycles. The van der Waals surface area contributed by atoms with E-state index in [1.807, 2.05) is 0 Å². The number of benzene rings is 1. The lowest BCUT2D eigenvalue weighted by Crippen LogP contribution is -2.28. The Morgan fingerprint density at radius 2 is 1.89 bits per heavy atom. The van der Waals surface area contributed by atoms with Gasteiger partial charge in [-0.1, -0.05) is 50.1 Å². The molecule has 18 heavy (non-hydrogen) atoms. The fraction of sp³-hybridized carbons (Fsp3) is 0.647. The molecule has 1 aromatic carbocycles. The minimum Gasteiger partial charge on any atom is -0.393 e. The largest absolute Gasteiger partial charge is 0.393 e. The fourth-order valence-electron chi connectivity index (χ4n) is 3.82. The first-order valence-corrected chi connectivity index (χ1v) is 7.48. The predicted octanol–water partition coefficient (Wildman–Crippen LogP) is 3.98. The minimum atomic E-state index is -0.0574. The van der Waals surface area contributed by atoms with Crippen molar-refractivity contribution in [1.82, 2.24) is 0 Å². The summed E-state index contributed by atoms with van der Waals surface area (Å²) in [5.41, 5.74) is 1.42. The van der Waals surface area contributed by atoms with Crippen molar-refractivity contribution in [3.05, 3.63) is 35.9 Å². The van der Waals surface area contributed by atoms with Crippen LogP contribution in [0.1, 0.15) is 50.5 Å². The van der Waals surface area contributed by atoms with Gasteiger partial charge in [0.15, 0.2) is 0 Å². The van der Waals surface area contributed by atoms with E-state index in [1.165, 1.54) is 37.7 Å². The molecule has 0 amide bonds. The Kier molecular flexibility index (Phi) is 3.43. The van der Waals surface area contributed by atoms with Crippen LogP contribution in [0.5, 0.6) is 0 Å². The van der Waals surface area contributed by atoms with E-state index in [-0.39, 0.29) is 6.10 Å². The Balaban J connectivity index is 1.60. The summed E-state index contributed by atoms with van der Waals surface area (Å²) in [5.74, 6) is 2.53. The molecule has 1 heteroatoms. The number of aliphatic hydroxyl groups excluding tert-OH is 1. The summed E-state index contributed by atoms with van der Waals surface area (Å²) in [5, 5.41) is 10.6. The van der Waals surface area contributed by atoms with Crippen LogP contribution >= 0.6 is 0 Å². The summed E-state index contributed by atoms with van der Waals surface area (Å²) >= 11 is 0. The molecule has 2 fully saturated rings. The van der Waals surface area contributed by atoms with Gasteiger partial charge in [-0.25, -0.2) is 0 Å². The first kappa shape index (κ1) is 12.2. The Bertz CT molecular complexity index is 386. The Labute approximate surface area is 110 Å². The lowest BCUT2D eigenvalue weighted by atomic mass is 9.78. The molecule has 1 aromatic rings. The van der Waals surface area contributed by atoms with Crippen LogP contribution in [0.15, 0.2) is 30.3 Å². The van der Waals surface area contributed by atoms with E-state index in [0.717, 1.165) is 5.92 Å². The van der Waals surface area contributed by atoms with Crippen LogP contribution < -0.4 is 0 Å². The third kappa shape index (κ3) is 2.47. The lowest BCUT2D eigenvalue weighted by molar-refractivity contribution is 0.0527. The topological polar surface area (TPSA) is 20.2 Å². The Hall–Kier alpha value is -0.820. The minimum absolute atomic E-state index is 0.0574. The van der Waals surface area contributed by atoms with Gasteiger partial charge in [-0.05, 0) is 48.5 Å². The summed E-state index contributed by atoms with van der Waals surface area (Å²) in [6.07, 6.45) is 6.28. The van der Waals surface area contributed by atoms with Gasteiger partial charge >= 0.3 is 0 Å². The smallest absolute Gasteiger partial charge is 0.0602 e. The normalized spacial score (nSPS) is 37.2. The molecule has 0 bridgehead atoms. The molecule has 2 aliphatic carbocycles. The molecular formula is C17H24O. The average Bonchev–Trinajstić information content (AvgIpc) is 3.19. The molecular weight excluding hydrogens is 220 g/mol. The molecule has 5 atom stereocenters. The van der Waals surface area contributed by atoms with Crippen LogP contribution in [0, 0.1) is 17.8 Å². The van der Waals surface area contributed by atoms with Gasteiger partial charge in [-0.15, -0.1) is 0 Å². The fourth-order valence-corrected chi connectivity index (χ4v) is 3.82. The number of aliphatic hydroxyl groups is 1.